The van der Waals surface area contributed by atoms with E-state index in [9.17, 15) is 9.59 Å². The number of hydrogen-bond acceptors (Lipinski definition) is 3. The van der Waals surface area contributed by atoms with Gasteiger partial charge in [-0.05, 0) is 26.3 Å². The Hall–Kier alpha value is -2.04. The number of carbonyl (C=O) groups is 2. The first-order valence-electron chi connectivity index (χ1n) is 6.57. The van der Waals surface area contributed by atoms with Crippen molar-refractivity contribution in [2.75, 3.05) is 7.05 Å². The van der Waals surface area contributed by atoms with Crippen LogP contribution >= 0.6 is 0 Å². The summed E-state index contributed by atoms with van der Waals surface area (Å²) in [7, 11) is 1.54. The number of hydrogen-bond donors (Lipinski definition) is 2. The van der Waals surface area contributed by atoms with Crippen LogP contribution in [0.1, 0.15) is 26.3 Å². The van der Waals surface area contributed by atoms with Crippen LogP contribution < -0.4 is 10.6 Å². The molecule has 0 bridgehead atoms. The molecular formula is C15H22N2O3. The molecule has 110 valence electrons. The normalized spacial score (nSPS) is 12.4. The predicted octanol–water partition coefficient (Wildman–Crippen LogP) is 1.87. The number of likely N-dealkylation sites (N-methyl/N-ethyl adjacent to an activating group) is 1. The third kappa shape index (κ3) is 5.73. The van der Waals surface area contributed by atoms with E-state index in [-0.39, 0.29) is 5.91 Å². The van der Waals surface area contributed by atoms with Gasteiger partial charge in [0.25, 0.3) is 0 Å². The lowest BCUT2D eigenvalue weighted by molar-refractivity contribution is -0.122. The number of amides is 2. The van der Waals surface area contributed by atoms with Gasteiger partial charge in [0.2, 0.25) is 5.91 Å². The highest BCUT2D eigenvalue weighted by Crippen LogP contribution is 2.08. The molecule has 1 atom stereocenters. The lowest BCUT2D eigenvalue weighted by atomic mass is 10.1. The Morgan fingerprint density at radius 2 is 1.80 bits per heavy atom. The van der Waals surface area contributed by atoms with Crippen LogP contribution in [0.2, 0.25) is 0 Å². The first kappa shape index (κ1) is 16.0. The fourth-order valence-electron chi connectivity index (χ4n) is 1.68. The molecule has 0 saturated heterocycles. The quantitative estimate of drug-likeness (QED) is 0.883. The number of carbonyl (C=O) groups excluding carboxylic acids is 2. The highest BCUT2D eigenvalue weighted by molar-refractivity contribution is 5.85. The molecule has 5 nitrogen and oxygen atoms in total. The molecule has 0 aliphatic heterocycles. The average Bonchev–Trinajstić information content (AvgIpc) is 2.36. The third-order valence-corrected chi connectivity index (χ3v) is 2.54. The van der Waals surface area contributed by atoms with Crippen LogP contribution in [0, 0.1) is 0 Å². The highest BCUT2D eigenvalue weighted by atomic mass is 16.6. The Morgan fingerprint density at radius 1 is 1.20 bits per heavy atom. The van der Waals surface area contributed by atoms with Crippen molar-refractivity contribution in [1.29, 1.82) is 0 Å². The molecule has 1 unspecified atom stereocenters. The number of alkyl carbamates (subject to hydrolysis) is 1. The highest BCUT2D eigenvalue weighted by Gasteiger charge is 2.23. The summed E-state index contributed by atoms with van der Waals surface area (Å²) < 4.78 is 5.17. The van der Waals surface area contributed by atoms with E-state index in [1.807, 2.05) is 30.3 Å². The van der Waals surface area contributed by atoms with Gasteiger partial charge in [-0.2, -0.15) is 0 Å². The molecule has 5 heteroatoms. The van der Waals surface area contributed by atoms with Crippen molar-refractivity contribution < 1.29 is 14.3 Å². The standard InChI is InChI=1S/C15H22N2O3/c1-15(2,3)20-14(19)17-12(13(18)16-4)10-11-8-6-5-7-9-11/h5-9,12H,10H2,1-4H3,(H,16,18)(H,17,19). The van der Waals surface area contributed by atoms with Gasteiger partial charge in [0.1, 0.15) is 11.6 Å². The number of rotatable bonds is 4. The van der Waals surface area contributed by atoms with Crippen molar-refractivity contribution in [2.24, 2.45) is 0 Å². The van der Waals surface area contributed by atoms with Gasteiger partial charge < -0.3 is 15.4 Å². The van der Waals surface area contributed by atoms with E-state index in [0.29, 0.717) is 6.42 Å². The second-order valence-corrected chi connectivity index (χ2v) is 5.50. The molecule has 0 aliphatic rings. The molecule has 0 aromatic heterocycles. The van der Waals surface area contributed by atoms with Gasteiger partial charge in [0.15, 0.2) is 0 Å². The monoisotopic (exact) mass is 278 g/mol. The largest absolute Gasteiger partial charge is 0.444 e. The third-order valence-electron chi connectivity index (χ3n) is 2.54. The zero-order valence-corrected chi connectivity index (χ0v) is 12.4. The van der Waals surface area contributed by atoms with E-state index in [2.05, 4.69) is 10.6 Å². The average molecular weight is 278 g/mol. The first-order chi connectivity index (χ1) is 9.31. The summed E-state index contributed by atoms with van der Waals surface area (Å²) >= 11 is 0. The summed E-state index contributed by atoms with van der Waals surface area (Å²) in [6.45, 7) is 5.33. The van der Waals surface area contributed by atoms with Crippen molar-refractivity contribution in [3.63, 3.8) is 0 Å². The molecule has 20 heavy (non-hydrogen) atoms. The number of ether oxygens (including phenoxy) is 1. The lowest BCUT2D eigenvalue weighted by Crippen LogP contribution is -2.48. The van der Waals surface area contributed by atoms with Gasteiger partial charge in [-0.15, -0.1) is 0 Å². The predicted molar refractivity (Wildman–Crippen MR) is 77.4 cm³/mol. The molecule has 1 rings (SSSR count). The van der Waals surface area contributed by atoms with Crippen molar-refractivity contribution in [3.05, 3.63) is 35.9 Å². The second-order valence-electron chi connectivity index (χ2n) is 5.50. The Labute approximate surface area is 119 Å². The molecule has 1 aromatic rings. The van der Waals surface area contributed by atoms with Gasteiger partial charge >= 0.3 is 6.09 Å². The fraction of sp³-hybridized carbons (Fsp3) is 0.467. The molecule has 0 saturated carbocycles. The summed E-state index contributed by atoms with van der Waals surface area (Å²) in [5.41, 5.74) is 0.376. The van der Waals surface area contributed by atoms with Crippen molar-refractivity contribution in [2.45, 2.75) is 38.8 Å². The van der Waals surface area contributed by atoms with Crippen molar-refractivity contribution >= 4 is 12.0 Å². The van der Waals surface area contributed by atoms with Crippen LogP contribution in [-0.2, 0) is 16.0 Å². The zero-order valence-electron chi connectivity index (χ0n) is 12.4. The van der Waals surface area contributed by atoms with Gasteiger partial charge in [-0.3, -0.25) is 4.79 Å². The maximum atomic E-state index is 11.8. The Balaban J connectivity index is 2.70. The lowest BCUT2D eigenvalue weighted by Gasteiger charge is -2.23. The molecule has 0 spiro atoms. The smallest absolute Gasteiger partial charge is 0.408 e. The fourth-order valence-corrected chi connectivity index (χ4v) is 1.68. The Kier molecular flexibility index (Phi) is 5.55. The van der Waals surface area contributed by atoms with Crippen molar-refractivity contribution in [3.8, 4) is 0 Å². The SMILES string of the molecule is CNC(=O)C(Cc1ccccc1)NC(=O)OC(C)(C)C. The molecule has 1 aromatic carbocycles. The summed E-state index contributed by atoms with van der Waals surface area (Å²) in [4.78, 5) is 23.6. The Bertz CT molecular complexity index is 452. The zero-order chi connectivity index (χ0) is 15.2. The van der Waals surface area contributed by atoms with Gasteiger partial charge in [-0.25, -0.2) is 4.79 Å². The van der Waals surface area contributed by atoms with Crippen LogP contribution in [0.15, 0.2) is 30.3 Å². The molecular weight excluding hydrogens is 256 g/mol. The summed E-state index contributed by atoms with van der Waals surface area (Å²) in [6, 6.07) is 8.85. The first-order valence-corrected chi connectivity index (χ1v) is 6.57. The van der Waals surface area contributed by atoms with Crippen LogP contribution in [0.3, 0.4) is 0 Å². The van der Waals surface area contributed by atoms with E-state index in [1.54, 1.807) is 20.8 Å². The minimum atomic E-state index is -0.655. The van der Waals surface area contributed by atoms with Crippen LogP contribution in [0.5, 0.6) is 0 Å². The van der Waals surface area contributed by atoms with E-state index >= 15 is 0 Å². The van der Waals surface area contributed by atoms with E-state index in [1.165, 1.54) is 7.05 Å². The maximum Gasteiger partial charge on any atom is 0.408 e. The summed E-state index contributed by atoms with van der Waals surface area (Å²) in [6.07, 6.45) is -0.179. The van der Waals surface area contributed by atoms with E-state index in [0.717, 1.165) is 5.56 Å². The summed E-state index contributed by atoms with van der Waals surface area (Å²) in [5.74, 6) is -0.250. The van der Waals surface area contributed by atoms with Gasteiger partial charge in [0.05, 0.1) is 0 Å². The van der Waals surface area contributed by atoms with Crippen LogP contribution in [0.25, 0.3) is 0 Å². The molecule has 2 amide bonds. The van der Waals surface area contributed by atoms with Gasteiger partial charge in [0, 0.05) is 13.5 Å². The maximum absolute atomic E-state index is 11.8. The topological polar surface area (TPSA) is 67.4 Å². The van der Waals surface area contributed by atoms with E-state index < -0.39 is 17.7 Å². The van der Waals surface area contributed by atoms with Crippen LogP contribution in [-0.4, -0.2) is 30.7 Å². The molecule has 2 N–H and O–H groups in total. The Morgan fingerprint density at radius 3 is 2.30 bits per heavy atom. The minimum Gasteiger partial charge on any atom is -0.444 e. The molecule has 0 fully saturated rings. The molecule has 0 aliphatic carbocycles. The van der Waals surface area contributed by atoms with Crippen molar-refractivity contribution in [1.82, 2.24) is 10.6 Å². The van der Waals surface area contributed by atoms with Gasteiger partial charge in [-0.1, -0.05) is 30.3 Å². The van der Waals surface area contributed by atoms with Crippen LogP contribution in [0.4, 0.5) is 4.79 Å². The minimum absolute atomic E-state index is 0.250. The summed E-state index contributed by atoms with van der Waals surface area (Å²) in [5, 5.41) is 5.14. The van der Waals surface area contributed by atoms with E-state index in [4.69, 9.17) is 4.74 Å². The number of nitrogens with one attached hydrogen (secondary N) is 2. The molecule has 0 heterocycles. The second kappa shape index (κ2) is 6.93. The number of benzene rings is 1. The molecule has 0 radical (unpaired) electrons.